The van der Waals surface area contributed by atoms with Gasteiger partial charge in [-0.2, -0.15) is 0 Å². The van der Waals surface area contributed by atoms with E-state index in [1.54, 1.807) is 13.0 Å². The minimum Gasteiger partial charge on any atom is -0.462 e. The Morgan fingerprint density at radius 3 is 2.29 bits per heavy atom. The third-order valence-electron chi connectivity index (χ3n) is 8.56. The molecule has 0 aliphatic heterocycles. The summed E-state index contributed by atoms with van der Waals surface area (Å²) in [7, 11) is 0. The maximum Gasteiger partial charge on any atom is 0.333 e. The highest BCUT2D eigenvalue weighted by molar-refractivity contribution is 5.87. The minimum absolute atomic E-state index is 0.0333. The van der Waals surface area contributed by atoms with Crippen molar-refractivity contribution in [3.05, 3.63) is 95.3 Å². The van der Waals surface area contributed by atoms with E-state index in [9.17, 15) is 9.90 Å². The van der Waals surface area contributed by atoms with E-state index in [-0.39, 0.29) is 19.0 Å². The van der Waals surface area contributed by atoms with E-state index in [1.165, 1.54) is 56.9 Å². The number of carbonyl (C=O) groups excluding carboxylic acids is 1. The zero-order valence-corrected chi connectivity index (χ0v) is 24.8. The van der Waals surface area contributed by atoms with Crippen LogP contribution in [-0.2, 0) is 22.4 Å². The van der Waals surface area contributed by atoms with Crippen LogP contribution in [0.5, 0.6) is 0 Å². The fourth-order valence-electron chi connectivity index (χ4n) is 6.11. The Hall–Kier alpha value is -3.24. The molecule has 1 aliphatic rings. The lowest BCUT2D eigenvalue weighted by Gasteiger charge is -2.29. The van der Waals surface area contributed by atoms with Crippen molar-refractivity contribution in [3.8, 4) is 22.3 Å². The molecule has 0 spiro atoms. The number of carbonyl (C=O) groups is 1. The standard InChI is InChI=1S/C37H45FO3/c1-4-5-6-7-27-8-11-29(12-9-27)30-13-15-31(16-14-30)32-17-19-35(36(38)25-32)34-18-10-28(20-22-39)24-33(34)21-23-41-37(40)26(2)3/h10,13-19,24-25,27,29,39H,2,4-9,11-12,20-23H2,1,3H3. The van der Waals surface area contributed by atoms with E-state index in [0.29, 0.717) is 29.9 Å². The van der Waals surface area contributed by atoms with Gasteiger partial charge in [-0.05, 0) is 90.3 Å². The molecule has 1 fully saturated rings. The summed E-state index contributed by atoms with van der Waals surface area (Å²) in [6, 6.07) is 19.9. The molecule has 0 bridgehead atoms. The lowest BCUT2D eigenvalue weighted by molar-refractivity contribution is -0.138. The second-order valence-corrected chi connectivity index (χ2v) is 11.7. The average molecular weight is 557 g/mol. The molecule has 4 rings (SSSR count). The van der Waals surface area contributed by atoms with Gasteiger partial charge in [0.1, 0.15) is 5.82 Å². The van der Waals surface area contributed by atoms with Crippen molar-refractivity contribution >= 4 is 5.97 Å². The largest absolute Gasteiger partial charge is 0.462 e. The van der Waals surface area contributed by atoms with Crippen LogP contribution in [0.3, 0.4) is 0 Å². The molecule has 1 N–H and O–H groups in total. The number of unbranched alkanes of at least 4 members (excludes halogenated alkanes) is 2. The number of benzene rings is 3. The number of rotatable bonds is 13. The molecule has 3 aromatic rings. The summed E-state index contributed by atoms with van der Waals surface area (Å²) in [4.78, 5) is 11.8. The molecule has 3 aromatic carbocycles. The highest BCUT2D eigenvalue weighted by Crippen LogP contribution is 2.38. The summed E-state index contributed by atoms with van der Waals surface area (Å²) in [6.45, 7) is 7.71. The number of esters is 1. The maximum absolute atomic E-state index is 15.6. The van der Waals surface area contributed by atoms with Gasteiger partial charge < -0.3 is 9.84 Å². The molecule has 0 amide bonds. The van der Waals surface area contributed by atoms with Crippen LogP contribution in [0.15, 0.2) is 72.8 Å². The third-order valence-corrected chi connectivity index (χ3v) is 8.56. The van der Waals surface area contributed by atoms with Crippen molar-refractivity contribution in [1.29, 1.82) is 0 Å². The van der Waals surface area contributed by atoms with Gasteiger partial charge in [-0.1, -0.05) is 93.8 Å². The van der Waals surface area contributed by atoms with Crippen molar-refractivity contribution < 1.29 is 19.0 Å². The van der Waals surface area contributed by atoms with Crippen molar-refractivity contribution in [2.45, 2.75) is 84.0 Å². The van der Waals surface area contributed by atoms with Gasteiger partial charge in [-0.15, -0.1) is 0 Å². The number of aliphatic hydroxyl groups is 1. The predicted octanol–water partition coefficient (Wildman–Crippen LogP) is 9.21. The smallest absolute Gasteiger partial charge is 0.333 e. The Bertz CT molecular complexity index is 1300. The van der Waals surface area contributed by atoms with Crippen LogP contribution in [0, 0.1) is 11.7 Å². The van der Waals surface area contributed by atoms with Gasteiger partial charge in [-0.25, -0.2) is 9.18 Å². The second kappa shape index (κ2) is 15.1. The van der Waals surface area contributed by atoms with Crippen LogP contribution in [-0.4, -0.2) is 24.3 Å². The van der Waals surface area contributed by atoms with E-state index in [2.05, 4.69) is 37.8 Å². The minimum atomic E-state index is -0.435. The normalized spacial score (nSPS) is 16.9. The SMILES string of the molecule is C=C(C)C(=O)OCCc1cc(CCO)ccc1-c1ccc(-c2ccc(C3CCC(CCCCC)CC3)cc2)cc1F. The van der Waals surface area contributed by atoms with Crippen molar-refractivity contribution in [1.82, 2.24) is 0 Å². The Kier molecular flexibility index (Phi) is 11.3. The van der Waals surface area contributed by atoms with Gasteiger partial charge in [0.2, 0.25) is 0 Å². The van der Waals surface area contributed by atoms with E-state index < -0.39 is 5.97 Å². The first-order valence-corrected chi connectivity index (χ1v) is 15.3. The number of hydrogen-bond acceptors (Lipinski definition) is 3. The molecule has 41 heavy (non-hydrogen) atoms. The zero-order valence-electron chi connectivity index (χ0n) is 24.8. The summed E-state index contributed by atoms with van der Waals surface area (Å²) >= 11 is 0. The van der Waals surface area contributed by atoms with Gasteiger partial charge in [0, 0.05) is 24.2 Å². The third kappa shape index (κ3) is 8.39. The summed E-state index contributed by atoms with van der Waals surface area (Å²) in [5.41, 5.74) is 6.72. The summed E-state index contributed by atoms with van der Waals surface area (Å²) < 4.78 is 20.9. The molecule has 1 aliphatic carbocycles. The molecule has 4 heteroatoms. The monoisotopic (exact) mass is 556 g/mol. The number of aliphatic hydroxyl groups excluding tert-OH is 1. The fourth-order valence-corrected chi connectivity index (χ4v) is 6.11. The molecule has 0 atom stereocenters. The molecule has 0 radical (unpaired) electrons. The predicted molar refractivity (Wildman–Crippen MR) is 166 cm³/mol. The number of hydrogen-bond donors (Lipinski definition) is 1. The Morgan fingerprint density at radius 1 is 0.927 bits per heavy atom. The summed E-state index contributed by atoms with van der Waals surface area (Å²) in [6.07, 6.45) is 11.6. The van der Waals surface area contributed by atoms with Gasteiger partial charge in [0.05, 0.1) is 6.61 Å². The molecule has 3 nitrogen and oxygen atoms in total. The summed E-state index contributed by atoms with van der Waals surface area (Å²) in [5.74, 6) is 0.807. The molecular weight excluding hydrogens is 511 g/mol. The van der Waals surface area contributed by atoms with Gasteiger partial charge in [0.25, 0.3) is 0 Å². The Morgan fingerprint density at radius 2 is 1.63 bits per heavy atom. The maximum atomic E-state index is 15.6. The Labute approximate surface area is 245 Å². The van der Waals surface area contributed by atoms with Crippen LogP contribution >= 0.6 is 0 Å². The lowest BCUT2D eigenvalue weighted by atomic mass is 9.77. The number of ether oxygens (including phenoxy) is 1. The van der Waals surface area contributed by atoms with Gasteiger partial charge in [0.15, 0.2) is 0 Å². The van der Waals surface area contributed by atoms with Crippen LogP contribution in [0.1, 0.15) is 87.8 Å². The topological polar surface area (TPSA) is 46.5 Å². The zero-order chi connectivity index (χ0) is 29.2. The highest BCUT2D eigenvalue weighted by Gasteiger charge is 2.22. The quantitative estimate of drug-likeness (QED) is 0.130. The van der Waals surface area contributed by atoms with Crippen LogP contribution < -0.4 is 0 Å². The van der Waals surface area contributed by atoms with Crippen molar-refractivity contribution in [2.75, 3.05) is 13.2 Å². The lowest BCUT2D eigenvalue weighted by Crippen LogP contribution is -2.13. The molecule has 0 saturated heterocycles. The molecule has 218 valence electrons. The molecule has 0 heterocycles. The van der Waals surface area contributed by atoms with E-state index in [0.717, 1.165) is 33.7 Å². The van der Waals surface area contributed by atoms with Crippen molar-refractivity contribution in [2.24, 2.45) is 5.92 Å². The average Bonchev–Trinajstić information content (AvgIpc) is 2.98. The second-order valence-electron chi connectivity index (χ2n) is 11.7. The molecule has 0 unspecified atom stereocenters. The first-order chi connectivity index (χ1) is 19.9. The molecule has 0 aromatic heterocycles. The highest BCUT2D eigenvalue weighted by atomic mass is 19.1. The van der Waals surface area contributed by atoms with E-state index in [4.69, 9.17) is 4.74 Å². The first-order valence-electron chi connectivity index (χ1n) is 15.3. The number of halogens is 1. The Balaban J connectivity index is 1.46. The van der Waals surface area contributed by atoms with E-state index in [1.807, 2.05) is 30.3 Å². The van der Waals surface area contributed by atoms with Gasteiger partial charge >= 0.3 is 5.97 Å². The van der Waals surface area contributed by atoms with Crippen LogP contribution in [0.25, 0.3) is 22.3 Å². The molecular formula is C37H45FO3. The summed E-state index contributed by atoms with van der Waals surface area (Å²) in [5, 5.41) is 9.39. The fraction of sp³-hybridized carbons (Fsp3) is 0.432. The molecule has 1 saturated carbocycles. The van der Waals surface area contributed by atoms with Crippen molar-refractivity contribution in [3.63, 3.8) is 0 Å². The van der Waals surface area contributed by atoms with E-state index >= 15 is 4.39 Å². The van der Waals surface area contributed by atoms with Gasteiger partial charge in [-0.3, -0.25) is 0 Å². The first kappa shape index (κ1) is 30.7. The van der Waals surface area contributed by atoms with Crippen LogP contribution in [0.2, 0.25) is 0 Å². The van der Waals surface area contributed by atoms with Crippen LogP contribution in [0.4, 0.5) is 4.39 Å².